The summed E-state index contributed by atoms with van der Waals surface area (Å²) in [5, 5.41) is 7.26. The molecule has 0 radical (unpaired) electrons. The second-order valence-corrected chi connectivity index (χ2v) is 4.60. The normalized spacial score (nSPS) is 16.4. The number of carbonyl (C=O) groups excluding carboxylic acids is 1. The maximum Gasteiger partial charge on any atom is 0.267 e. The second kappa shape index (κ2) is 5.36. The lowest BCUT2D eigenvalue weighted by molar-refractivity contribution is 0.0739. The van der Waals surface area contributed by atoms with Crippen LogP contribution in [0, 0.1) is 0 Å². The van der Waals surface area contributed by atoms with E-state index in [4.69, 9.17) is 0 Å². The van der Waals surface area contributed by atoms with Crippen LogP contribution in [0.3, 0.4) is 0 Å². The van der Waals surface area contributed by atoms with E-state index < -0.39 is 0 Å². The van der Waals surface area contributed by atoms with Crippen LogP contribution in [-0.2, 0) is 6.42 Å². The van der Waals surface area contributed by atoms with E-state index in [1.54, 1.807) is 0 Å². The van der Waals surface area contributed by atoms with E-state index in [2.05, 4.69) is 21.8 Å². The van der Waals surface area contributed by atoms with Gasteiger partial charge in [-0.15, -0.1) is 5.10 Å². The summed E-state index contributed by atoms with van der Waals surface area (Å²) in [6.07, 6.45) is 1.83. The zero-order valence-corrected chi connectivity index (χ0v) is 10.2. The molecular weight excluding hydrogens is 224 g/mol. The summed E-state index contributed by atoms with van der Waals surface area (Å²) >= 11 is 1.22. The summed E-state index contributed by atoms with van der Waals surface area (Å²) in [6, 6.07) is 0. The fourth-order valence-electron chi connectivity index (χ4n) is 1.78. The minimum Gasteiger partial charge on any atom is -0.335 e. The summed E-state index contributed by atoms with van der Waals surface area (Å²) in [5.41, 5.74) is 0.857. The van der Waals surface area contributed by atoms with E-state index in [0.29, 0.717) is 0 Å². The molecule has 1 saturated heterocycles. The molecule has 0 bridgehead atoms. The monoisotopic (exact) mass is 240 g/mol. The number of carbonyl (C=O) groups is 1. The van der Waals surface area contributed by atoms with E-state index in [-0.39, 0.29) is 5.91 Å². The topological polar surface area (TPSA) is 58.1 Å². The maximum atomic E-state index is 12.2. The van der Waals surface area contributed by atoms with Crippen LogP contribution < -0.4 is 5.32 Å². The molecule has 0 saturated carbocycles. The number of amides is 1. The Balaban J connectivity index is 2.09. The SMILES string of the molecule is CCCc1nnsc1C(=O)N1CCNCC1. The Kier molecular flexibility index (Phi) is 3.84. The number of piperazine rings is 1. The Hall–Kier alpha value is -1.01. The number of hydrogen-bond donors (Lipinski definition) is 1. The van der Waals surface area contributed by atoms with Crippen molar-refractivity contribution in [2.24, 2.45) is 0 Å². The zero-order valence-electron chi connectivity index (χ0n) is 9.40. The van der Waals surface area contributed by atoms with Gasteiger partial charge in [0, 0.05) is 26.2 Å². The number of hydrogen-bond acceptors (Lipinski definition) is 5. The van der Waals surface area contributed by atoms with Crippen LogP contribution in [0.15, 0.2) is 0 Å². The lowest BCUT2D eigenvalue weighted by Gasteiger charge is -2.26. The average molecular weight is 240 g/mol. The molecule has 2 heterocycles. The highest BCUT2D eigenvalue weighted by Gasteiger charge is 2.22. The first-order valence-corrected chi connectivity index (χ1v) is 6.41. The molecule has 2 rings (SSSR count). The van der Waals surface area contributed by atoms with Crippen LogP contribution in [0.25, 0.3) is 0 Å². The summed E-state index contributed by atoms with van der Waals surface area (Å²) in [5.74, 6) is 0.0972. The van der Waals surface area contributed by atoms with Crippen molar-refractivity contribution in [1.29, 1.82) is 0 Å². The van der Waals surface area contributed by atoms with Gasteiger partial charge >= 0.3 is 0 Å². The molecular formula is C10H16N4OS. The van der Waals surface area contributed by atoms with Gasteiger partial charge in [-0.2, -0.15) is 0 Å². The van der Waals surface area contributed by atoms with Crippen LogP contribution in [0.1, 0.15) is 28.7 Å². The molecule has 5 nitrogen and oxygen atoms in total. The highest BCUT2D eigenvalue weighted by molar-refractivity contribution is 7.08. The van der Waals surface area contributed by atoms with Crippen LogP contribution in [-0.4, -0.2) is 46.6 Å². The molecule has 1 fully saturated rings. The smallest absolute Gasteiger partial charge is 0.267 e. The second-order valence-electron chi connectivity index (χ2n) is 3.84. The fraction of sp³-hybridized carbons (Fsp3) is 0.700. The fourth-order valence-corrected chi connectivity index (χ4v) is 2.46. The molecule has 1 N–H and O–H groups in total. The van der Waals surface area contributed by atoms with E-state index in [9.17, 15) is 4.79 Å². The summed E-state index contributed by atoms with van der Waals surface area (Å²) in [7, 11) is 0. The molecule has 0 atom stereocenters. The first-order valence-electron chi connectivity index (χ1n) is 5.64. The van der Waals surface area contributed by atoms with Gasteiger partial charge in [-0.1, -0.05) is 17.8 Å². The number of nitrogens with one attached hydrogen (secondary N) is 1. The molecule has 0 spiro atoms. The van der Waals surface area contributed by atoms with Gasteiger partial charge in [-0.25, -0.2) is 0 Å². The molecule has 6 heteroatoms. The first-order chi connectivity index (χ1) is 7.83. The molecule has 0 aromatic carbocycles. The third kappa shape index (κ3) is 2.38. The van der Waals surface area contributed by atoms with Crippen molar-refractivity contribution in [2.45, 2.75) is 19.8 Å². The Bertz CT molecular complexity index is 359. The number of aromatic nitrogens is 2. The molecule has 1 amide bonds. The molecule has 1 aliphatic rings. The maximum absolute atomic E-state index is 12.2. The van der Waals surface area contributed by atoms with Crippen LogP contribution >= 0.6 is 11.5 Å². The van der Waals surface area contributed by atoms with Crippen molar-refractivity contribution in [3.8, 4) is 0 Å². The Morgan fingerprint density at radius 3 is 2.94 bits per heavy atom. The molecule has 88 valence electrons. The van der Waals surface area contributed by atoms with Crippen molar-refractivity contribution < 1.29 is 4.79 Å². The standard InChI is InChI=1S/C10H16N4OS/c1-2-3-8-9(16-13-12-8)10(15)14-6-4-11-5-7-14/h11H,2-7H2,1H3. The molecule has 16 heavy (non-hydrogen) atoms. The van der Waals surface area contributed by atoms with Crippen molar-refractivity contribution in [1.82, 2.24) is 19.8 Å². The van der Waals surface area contributed by atoms with Gasteiger partial charge < -0.3 is 10.2 Å². The van der Waals surface area contributed by atoms with Crippen LogP contribution in [0.5, 0.6) is 0 Å². The first kappa shape index (κ1) is 11.5. The molecule has 1 aromatic heterocycles. The van der Waals surface area contributed by atoms with Crippen molar-refractivity contribution in [3.05, 3.63) is 10.6 Å². The van der Waals surface area contributed by atoms with Gasteiger partial charge in [0.15, 0.2) is 0 Å². The predicted molar refractivity (Wildman–Crippen MR) is 62.7 cm³/mol. The summed E-state index contributed by atoms with van der Waals surface area (Å²) in [6.45, 7) is 5.39. The van der Waals surface area contributed by atoms with E-state index in [1.807, 2.05) is 4.90 Å². The van der Waals surface area contributed by atoms with Gasteiger partial charge in [0.05, 0.1) is 5.69 Å². The largest absolute Gasteiger partial charge is 0.335 e. The lowest BCUT2D eigenvalue weighted by atomic mass is 10.2. The molecule has 0 aliphatic carbocycles. The minimum absolute atomic E-state index is 0.0972. The van der Waals surface area contributed by atoms with Gasteiger partial charge in [-0.05, 0) is 18.0 Å². The molecule has 0 unspecified atom stereocenters. The highest BCUT2D eigenvalue weighted by atomic mass is 32.1. The Morgan fingerprint density at radius 2 is 2.25 bits per heavy atom. The van der Waals surface area contributed by atoms with Crippen LogP contribution in [0.4, 0.5) is 0 Å². The molecule has 1 aliphatic heterocycles. The van der Waals surface area contributed by atoms with E-state index in [0.717, 1.165) is 49.6 Å². The zero-order chi connectivity index (χ0) is 11.4. The minimum atomic E-state index is 0.0972. The van der Waals surface area contributed by atoms with Crippen LogP contribution in [0.2, 0.25) is 0 Å². The van der Waals surface area contributed by atoms with Gasteiger partial charge in [0.1, 0.15) is 4.88 Å². The van der Waals surface area contributed by atoms with Gasteiger partial charge in [-0.3, -0.25) is 4.79 Å². The lowest BCUT2D eigenvalue weighted by Crippen LogP contribution is -2.46. The Labute approximate surface area is 99.0 Å². The van der Waals surface area contributed by atoms with Gasteiger partial charge in [0.25, 0.3) is 5.91 Å². The highest BCUT2D eigenvalue weighted by Crippen LogP contribution is 2.15. The summed E-state index contributed by atoms with van der Waals surface area (Å²) < 4.78 is 3.89. The van der Waals surface area contributed by atoms with Gasteiger partial charge in [0.2, 0.25) is 0 Å². The third-order valence-corrected chi connectivity index (χ3v) is 3.40. The van der Waals surface area contributed by atoms with Crippen molar-refractivity contribution in [2.75, 3.05) is 26.2 Å². The number of rotatable bonds is 3. The van der Waals surface area contributed by atoms with Crippen molar-refractivity contribution in [3.63, 3.8) is 0 Å². The van der Waals surface area contributed by atoms with Crippen molar-refractivity contribution >= 4 is 17.4 Å². The van der Waals surface area contributed by atoms with E-state index in [1.165, 1.54) is 11.5 Å². The average Bonchev–Trinajstić information content (AvgIpc) is 2.78. The quantitative estimate of drug-likeness (QED) is 0.837. The number of aryl methyl sites for hydroxylation is 1. The Morgan fingerprint density at radius 1 is 1.50 bits per heavy atom. The predicted octanol–water partition coefficient (Wildman–Crippen LogP) is 0.536. The van der Waals surface area contributed by atoms with E-state index >= 15 is 0 Å². The number of nitrogens with zero attached hydrogens (tertiary/aromatic N) is 3. The third-order valence-electron chi connectivity index (χ3n) is 2.64. The molecule has 1 aromatic rings. The summed E-state index contributed by atoms with van der Waals surface area (Å²) in [4.78, 5) is 14.8.